The summed E-state index contributed by atoms with van der Waals surface area (Å²) in [7, 11) is 0. The second-order valence-corrected chi connectivity index (χ2v) is 5.37. The topological polar surface area (TPSA) is 108 Å². The number of para-hydroxylation sites is 1. The average molecular weight is 337 g/mol. The summed E-state index contributed by atoms with van der Waals surface area (Å²) in [4.78, 5) is 25.2. The molecule has 0 saturated carbocycles. The van der Waals surface area contributed by atoms with E-state index in [9.17, 15) is 14.7 Å². The fraction of sp³-hybridized carbons (Fsp3) is 0.167. The van der Waals surface area contributed by atoms with Crippen molar-refractivity contribution >= 4 is 16.8 Å². The summed E-state index contributed by atoms with van der Waals surface area (Å²) < 4.78 is 6.46. The smallest absolute Gasteiger partial charge is 0.267 e. The Hall–Kier alpha value is -3.53. The summed E-state index contributed by atoms with van der Waals surface area (Å²) in [6.07, 6.45) is 1.59. The molecule has 7 heteroatoms. The molecular formula is C18H15N3O4. The molecule has 0 aliphatic carbocycles. The van der Waals surface area contributed by atoms with Crippen LogP contribution in [0.15, 0.2) is 51.9 Å². The van der Waals surface area contributed by atoms with Crippen LogP contribution in [0.5, 0.6) is 5.75 Å². The third-order valence-electron chi connectivity index (χ3n) is 3.82. The van der Waals surface area contributed by atoms with E-state index in [2.05, 4.69) is 5.32 Å². The van der Waals surface area contributed by atoms with Crippen LogP contribution in [0.3, 0.4) is 0 Å². The number of carbonyl (C=O) groups excluding carboxylic acids is 1. The van der Waals surface area contributed by atoms with Gasteiger partial charge in [0, 0.05) is 11.9 Å². The molecule has 1 aromatic carbocycles. The summed E-state index contributed by atoms with van der Waals surface area (Å²) >= 11 is 0. The van der Waals surface area contributed by atoms with Crippen molar-refractivity contribution in [3.8, 4) is 11.8 Å². The second-order valence-electron chi connectivity index (χ2n) is 5.37. The summed E-state index contributed by atoms with van der Waals surface area (Å²) in [6, 6.07) is 12.1. The van der Waals surface area contributed by atoms with Crippen LogP contribution in [0.2, 0.25) is 0 Å². The van der Waals surface area contributed by atoms with Gasteiger partial charge in [0.25, 0.3) is 11.5 Å². The van der Waals surface area contributed by atoms with E-state index >= 15 is 0 Å². The lowest BCUT2D eigenvalue weighted by atomic mass is 10.1. The lowest BCUT2D eigenvalue weighted by molar-refractivity contribution is 0.0943. The van der Waals surface area contributed by atoms with E-state index in [4.69, 9.17) is 9.68 Å². The Kier molecular flexibility index (Phi) is 4.53. The molecule has 2 N–H and O–H groups in total. The molecular weight excluding hydrogens is 322 g/mol. The summed E-state index contributed by atoms with van der Waals surface area (Å²) in [5.74, 6) is -0.542. The minimum Gasteiger partial charge on any atom is -0.506 e. The van der Waals surface area contributed by atoms with Crippen molar-refractivity contribution in [3.63, 3.8) is 0 Å². The van der Waals surface area contributed by atoms with Crippen molar-refractivity contribution in [3.05, 3.63) is 64.3 Å². The van der Waals surface area contributed by atoms with Crippen LogP contribution in [-0.4, -0.2) is 15.6 Å². The minimum absolute atomic E-state index is 0.0930. The fourth-order valence-electron chi connectivity index (χ4n) is 2.65. The first kappa shape index (κ1) is 16.3. The van der Waals surface area contributed by atoms with Crippen LogP contribution >= 0.6 is 0 Å². The molecule has 7 nitrogen and oxygen atoms in total. The summed E-state index contributed by atoms with van der Waals surface area (Å²) in [5, 5.41) is 22.2. The number of aryl methyl sites for hydroxylation is 1. The van der Waals surface area contributed by atoms with Gasteiger partial charge < -0.3 is 19.4 Å². The Morgan fingerprint density at radius 3 is 2.80 bits per heavy atom. The monoisotopic (exact) mass is 337 g/mol. The molecule has 0 spiro atoms. The number of pyridine rings is 1. The van der Waals surface area contributed by atoms with Crippen LogP contribution in [0.25, 0.3) is 10.9 Å². The van der Waals surface area contributed by atoms with E-state index in [1.807, 2.05) is 6.07 Å². The Labute approximate surface area is 142 Å². The van der Waals surface area contributed by atoms with E-state index in [0.29, 0.717) is 16.7 Å². The van der Waals surface area contributed by atoms with Gasteiger partial charge in [0.2, 0.25) is 0 Å². The number of benzene rings is 1. The predicted octanol–water partition coefficient (Wildman–Crippen LogP) is 2.14. The first-order chi connectivity index (χ1) is 12.1. The van der Waals surface area contributed by atoms with Gasteiger partial charge in [-0.05, 0) is 24.3 Å². The maximum atomic E-state index is 12.7. The molecule has 0 unspecified atom stereocenters. The number of hydrogen-bond acceptors (Lipinski definition) is 5. The zero-order valence-corrected chi connectivity index (χ0v) is 13.2. The molecule has 2 heterocycles. The van der Waals surface area contributed by atoms with E-state index in [1.54, 1.807) is 36.4 Å². The molecule has 0 aliphatic heterocycles. The SMILES string of the molecule is N#CCCn1c(=O)c(C(=O)NCc2ccco2)c(O)c2ccccc21. The third-order valence-corrected chi connectivity index (χ3v) is 3.82. The van der Waals surface area contributed by atoms with Crippen molar-refractivity contribution < 1.29 is 14.3 Å². The summed E-state index contributed by atoms with van der Waals surface area (Å²) in [5.41, 5.74) is -0.505. The molecule has 0 fully saturated rings. The Morgan fingerprint density at radius 2 is 2.08 bits per heavy atom. The van der Waals surface area contributed by atoms with Gasteiger partial charge in [-0.1, -0.05) is 12.1 Å². The molecule has 2 aromatic heterocycles. The van der Waals surface area contributed by atoms with Gasteiger partial charge in [0.05, 0.1) is 30.8 Å². The van der Waals surface area contributed by atoms with E-state index < -0.39 is 11.5 Å². The Morgan fingerprint density at radius 1 is 1.28 bits per heavy atom. The molecule has 25 heavy (non-hydrogen) atoms. The number of rotatable bonds is 5. The quantitative estimate of drug-likeness (QED) is 0.741. The van der Waals surface area contributed by atoms with Crippen molar-refractivity contribution in [1.82, 2.24) is 9.88 Å². The molecule has 0 saturated heterocycles. The zero-order chi connectivity index (χ0) is 17.8. The van der Waals surface area contributed by atoms with Gasteiger partial charge >= 0.3 is 0 Å². The summed E-state index contributed by atoms with van der Waals surface area (Å²) in [6.45, 7) is 0.227. The van der Waals surface area contributed by atoms with Crippen molar-refractivity contribution in [2.24, 2.45) is 0 Å². The second kappa shape index (κ2) is 6.93. The van der Waals surface area contributed by atoms with Crippen LogP contribution < -0.4 is 10.9 Å². The van der Waals surface area contributed by atoms with Crippen LogP contribution in [0.1, 0.15) is 22.5 Å². The number of amides is 1. The lowest BCUT2D eigenvalue weighted by Crippen LogP contribution is -2.33. The van der Waals surface area contributed by atoms with Gasteiger partial charge in [-0.3, -0.25) is 9.59 Å². The number of aromatic hydroxyl groups is 1. The Balaban J connectivity index is 2.06. The first-order valence-electron chi connectivity index (χ1n) is 7.65. The lowest BCUT2D eigenvalue weighted by Gasteiger charge is -2.13. The van der Waals surface area contributed by atoms with Gasteiger partial charge in [-0.2, -0.15) is 5.26 Å². The number of aromatic nitrogens is 1. The highest BCUT2D eigenvalue weighted by molar-refractivity contribution is 6.02. The highest BCUT2D eigenvalue weighted by atomic mass is 16.3. The normalized spacial score (nSPS) is 10.5. The van der Waals surface area contributed by atoms with Crippen molar-refractivity contribution in [2.75, 3.05) is 0 Å². The molecule has 3 rings (SSSR count). The van der Waals surface area contributed by atoms with Crippen LogP contribution in [0.4, 0.5) is 0 Å². The number of fused-ring (bicyclic) bond motifs is 1. The fourth-order valence-corrected chi connectivity index (χ4v) is 2.65. The number of nitrogens with one attached hydrogen (secondary N) is 1. The molecule has 126 valence electrons. The number of nitrogens with zero attached hydrogens (tertiary/aromatic N) is 2. The van der Waals surface area contributed by atoms with Gasteiger partial charge in [-0.15, -0.1) is 0 Å². The molecule has 3 aromatic rings. The highest BCUT2D eigenvalue weighted by Crippen LogP contribution is 2.26. The van der Waals surface area contributed by atoms with Gasteiger partial charge in [0.15, 0.2) is 0 Å². The predicted molar refractivity (Wildman–Crippen MR) is 90.0 cm³/mol. The highest BCUT2D eigenvalue weighted by Gasteiger charge is 2.22. The Bertz CT molecular complexity index is 1010. The van der Waals surface area contributed by atoms with Crippen LogP contribution in [-0.2, 0) is 13.1 Å². The maximum absolute atomic E-state index is 12.7. The molecule has 0 bridgehead atoms. The van der Waals surface area contributed by atoms with Crippen LogP contribution in [0, 0.1) is 11.3 Å². The molecule has 0 atom stereocenters. The number of furan rings is 1. The van der Waals surface area contributed by atoms with Crippen molar-refractivity contribution in [1.29, 1.82) is 5.26 Å². The molecule has 0 radical (unpaired) electrons. The number of nitriles is 1. The van der Waals surface area contributed by atoms with Crippen molar-refractivity contribution in [2.45, 2.75) is 19.5 Å². The van der Waals surface area contributed by atoms with Gasteiger partial charge in [-0.25, -0.2) is 0 Å². The average Bonchev–Trinajstić information content (AvgIpc) is 3.13. The number of hydrogen-bond donors (Lipinski definition) is 2. The maximum Gasteiger partial charge on any atom is 0.267 e. The largest absolute Gasteiger partial charge is 0.506 e. The number of carbonyl (C=O) groups is 1. The zero-order valence-electron chi connectivity index (χ0n) is 13.2. The van der Waals surface area contributed by atoms with E-state index in [0.717, 1.165) is 0 Å². The van der Waals surface area contributed by atoms with Gasteiger partial charge in [0.1, 0.15) is 17.1 Å². The third kappa shape index (κ3) is 3.10. The van der Waals surface area contributed by atoms with E-state index in [-0.39, 0.29) is 30.8 Å². The molecule has 0 aliphatic rings. The van der Waals surface area contributed by atoms with E-state index in [1.165, 1.54) is 10.8 Å². The standard InChI is InChI=1S/C18H15N3O4/c19-8-4-9-21-14-7-2-1-6-13(14)16(22)15(18(21)24)17(23)20-11-12-5-3-10-25-12/h1-3,5-7,10,22H,4,9,11H2,(H,20,23). The minimum atomic E-state index is -0.699. The first-order valence-corrected chi connectivity index (χ1v) is 7.65. The molecule has 1 amide bonds.